The van der Waals surface area contributed by atoms with Crippen molar-refractivity contribution in [1.29, 1.82) is 0 Å². The second kappa shape index (κ2) is 6.73. The number of amides is 1. The van der Waals surface area contributed by atoms with E-state index in [2.05, 4.69) is 5.32 Å². The van der Waals surface area contributed by atoms with E-state index in [0.717, 1.165) is 0 Å². The van der Waals surface area contributed by atoms with Gasteiger partial charge in [-0.15, -0.1) is 0 Å². The van der Waals surface area contributed by atoms with E-state index in [1.54, 1.807) is 20.9 Å². The molecule has 8 heteroatoms. The number of nitro groups is 1. The highest BCUT2D eigenvalue weighted by atomic mass is 35.5. The maximum absolute atomic E-state index is 11.4. The summed E-state index contributed by atoms with van der Waals surface area (Å²) < 4.78 is 5.63. The fraction of sp³-hybridized carbons (Fsp3) is 0.462. The van der Waals surface area contributed by atoms with Crippen LogP contribution >= 0.6 is 11.6 Å². The molecule has 0 aromatic heterocycles. The van der Waals surface area contributed by atoms with Crippen molar-refractivity contribution in [3.05, 3.63) is 33.3 Å². The van der Waals surface area contributed by atoms with Crippen LogP contribution in [0.25, 0.3) is 0 Å². The van der Waals surface area contributed by atoms with Crippen molar-refractivity contribution in [1.82, 2.24) is 5.32 Å². The van der Waals surface area contributed by atoms with Gasteiger partial charge in [0.15, 0.2) is 0 Å². The SMILES string of the molecule is CNC(C)(CC(C)Oc1ccc([N+](=O)[O-])cc1Cl)C(N)=O. The number of halogens is 1. The Kier molecular flexibility index (Phi) is 5.51. The molecule has 7 nitrogen and oxygen atoms in total. The number of carbonyl (C=O) groups is 1. The molecule has 0 spiro atoms. The van der Waals surface area contributed by atoms with Gasteiger partial charge in [0.05, 0.1) is 21.6 Å². The number of hydrogen-bond acceptors (Lipinski definition) is 5. The first-order chi connectivity index (χ1) is 9.69. The molecule has 1 aromatic rings. The molecule has 2 atom stereocenters. The Morgan fingerprint density at radius 3 is 2.67 bits per heavy atom. The average Bonchev–Trinajstić information content (AvgIpc) is 2.40. The Bertz CT molecular complexity index is 552. The van der Waals surface area contributed by atoms with E-state index in [9.17, 15) is 14.9 Å². The van der Waals surface area contributed by atoms with Gasteiger partial charge < -0.3 is 15.8 Å². The minimum absolute atomic E-state index is 0.114. The molecule has 0 radical (unpaired) electrons. The third-order valence-electron chi connectivity index (χ3n) is 3.25. The summed E-state index contributed by atoms with van der Waals surface area (Å²) in [4.78, 5) is 21.5. The van der Waals surface area contributed by atoms with Crippen LogP contribution in [0.4, 0.5) is 5.69 Å². The fourth-order valence-electron chi connectivity index (χ4n) is 1.86. The van der Waals surface area contributed by atoms with Gasteiger partial charge in [0.2, 0.25) is 5.91 Å². The van der Waals surface area contributed by atoms with Crippen molar-refractivity contribution in [2.24, 2.45) is 5.73 Å². The molecule has 0 saturated carbocycles. The van der Waals surface area contributed by atoms with E-state index < -0.39 is 16.4 Å². The number of rotatable bonds is 7. The lowest BCUT2D eigenvalue weighted by Crippen LogP contribution is -2.53. The second-order valence-electron chi connectivity index (χ2n) is 4.95. The van der Waals surface area contributed by atoms with Gasteiger partial charge in [-0.3, -0.25) is 14.9 Å². The van der Waals surface area contributed by atoms with Crippen molar-refractivity contribution >= 4 is 23.2 Å². The predicted molar refractivity (Wildman–Crippen MR) is 79.5 cm³/mol. The molecule has 0 bridgehead atoms. The number of carbonyl (C=O) groups excluding carboxylic acids is 1. The van der Waals surface area contributed by atoms with Gasteiger partial charge in [0, 0.05) is 18.6 Å². The Hall–Kier alpha value is -1.86. The fourth-order valence-corrected chi connectivity index (χ4v) is 2.08. The molecule has 1 rings (SSSR count). The number of non-ortho nitro benzene ring substituents is 1. The summed E-state index contributed by atoms with van der Waals surface area (Å²) in [5.74, 6) is -0.173. The van der Waals surface area contributed by atoms with Crippen molar-refractivity contribution < 1.29 is 14.5 Å². The molecule has 21 heavy (non-hydrogen) atoms. The van der Waals surface area contributed by atoms with Crippen LogP contribution in [0.3, 0.4) is 0 Å². The van der Waals surface area contributed by atoms with Crippen molar-refractivity contribution in [3.63, 3.8) is 0 Å². The first kappa shape index (κ1) is 17.2. The first-order valence-electron chi connectivity index (χ1n) is 6.29. The van der Waals surface area contributed by atoms with Crippen LogP contribution in [0.1, 0.15) is 20.3 Å². The number of nitro benzene ring substituents is 1. The van der Waals surface area contributed by atoms with E-state index in [1.807, 2.05) is 0 Å². The van der Waals surface area contributed by atoms with Gasteiger partial charge in [-0.05, 0) is 27.0 Å². The van der Waals surface area contributed by atoms with Crippen LogP contribution < -0.4 is 15.8 Å². The normalized spacial score (nSPS) is 15.0. The minimum Gasteiger partial charge on any atom is -0.489 e. The van der Waals surface area contributed by atoms with E-state index >= 15 is 0 Å². The summed E-state index contributed by atoms with van der Waals surface area (Å²) in [7, 11) is 1.64. The van der Waals surface area contributed by atoms with E-state index in [4.69, 9.17) is 22.1 Å². The highest BCUT2D eigenvalue weighted by Gasteiger charge is 2.31. The third-order valence-corrected chi connectivity index (χ3v) is 3.54. The lowest BCUT2D eigenvalue weighted by Gasteiger charge is -2.29. The van der Waals surface area contributed by atoms with E-state index in [1.165, 1.54) is 18.2 Å². The van der Waals surface area contributed by atoms with Crippen LogP contribution in [0.15, 0.2) is 18.2 Å². The molecule has 3 N–H and O–H groups in total. The van der Waals surface area contributed by atoms with Crippen LogP contribution in [0.2, 0.25) is 5.02 Å². The Labute approximate surface area is 127 Å². The van der Waals surface area contributed by atoms with E-state index in [0.29, 0.717) is 12.2 Å². The minimum atomic E-state index is -0.910. The van der Waals surface area contributed by atoms with Gasteiger partial charge >= 0.3 is 0 Å². The molecule has 2 unspecified atom stereocenters. The zero-order valence-electron chi connectivity index (χ0n) is 12.1. The second-order valence-corrected chi connectivity index (χ2v) is 5.36. The predicted octanol–water partition coefficient (Wildman–Crippen LogP) is 1.87. The first-order valence-corrected chi connectivity index (χ1v) is 6.67. The lowest BCUT2D eigenvalue weighted by atomic mass is 9.94. The van der Waals surface area contributed by atoms with Gasteiger partial charge in [-0.2, -0.15) is 0 Å². The van der Waals surface area contributed by atoms with Gasteiger partial charge in [-0.1, -0.05) is 11.6 Å². The van der Waals surface area contributed by atoms with Gasteiger partial charge in [-0.25, -0.2) is 0 Å². The van der Waals surface area contributed by atoms with Crippen LogP contribution in [-0.2, 0) is 4.79 Å². The highest BCUT2D eigenvalue weighted by molar-refractivity contribution is 6.32. The number of nitrogens with zero attached hydrogens (tertiary/aromatic N) is 1. The van der Waals surface area contributed by atoms with Crippen LogP contribution in [0.5, 0.6) is 5.75 Å². The molecule has 0 heterocycles. The maximum Gasteiger partial charge on any atom is 0.271 e. The number of benzene rings is 1. The Morgan fingerprint density at radius 2 is 2.24 bits per heavy atom. The topological polar surface area (TPSA) is 107 Å². The molecular weight excluding hydrogens is 298 g/mol. The molecule has 0 saturated heterocycles. The Balaban J connectivity index is 2.82. The molecule has 116 valence electrons. The largest absolute Gasteiger partial charge is 0.489 e. The summed E-state index contributed by atoms with van der Waals surface area (Å²) in [5.41, 5.74) is 4.32. The lowest BCUT2D eigenvalue weighted by molar-refractivity contribution is -0.384. The van der Waals surface area contributed by atoms with E-state index in [-0.39, 0.29) is 16.8 Å². The Morgan fingerprint density at radius 1 is 1.62 bits per heavy atom. The molecule has 1 aromatic carbocycles. The van der Waals surface area contributed by atoms with Gasteiger partial charge in [0.25, 0.3) is 5.69 Å². The summed E-state index contributed by atoms with van der Waals surface area (Å²) >= 11 is 5.95. The van der Waals surface area contributed by atoms with Crippen molar-refractivity contribution in [2.45, 2.75) is 31.9 Å². The van der Waals surface area contributed by atoms with Gasteiger partial charge in [0.1, 0.15) is 5.75 Å². The molecule has 0 fully saturated rings. The number of nitrogens with one attached hydrogen (secondary N) is 1. The number of nitrogens with two attached hydrogens (primary N) is 1. The number of likely N-dealkylation sites (N-methyl/N-ethyl adjacent to an activating group) is 1. The molecule has 0 aliphatic carbocycles. The smallest absolute Gasteiger partial charge is 0.271 e. The average molecular weight is 316 g/mol. The maximum atomic E-state index is 11.4. The summed E-state index contributed by atoms with van der Waals surface area (Å²) in [6, 6.07) is 3.95. The molecular formula is C13H18ClN3O4. The summed E-state index contributed by atoms with van der Waals surface area (Å²) in [5, 5.41) is 13.6. The monoisotopic (exact) mass is 315 g/mol. The summed E-state index contributed by atoms with van der Waals surface area (Å²) in [6.07, 6.45) is -0.0412. The van der Waals surface area contributed by atoms with Crippen LogP contribution in [-0.4, -0.2) is 29.5 Å². The highest BCUT2D eigenvalue weighted by Crippen LogP contribution is 2.30. The van der Waals surface area contributed by atoms with Crippen molar-refractivity contribution in [2.75, 3.05) is 7.05 Å². The quantitative estimate of drug-likeness (QED) is 0.590. The zero-order chi connectivity index (χ0) is 16.2. The third kappa shape index (κ3) is 4.30. The standard InChI is InChI=1S/C13H18ClN3O4/c1-8(7-13(2,16-3)12(15)18)21-11-5-4-9(17(19)20)6-10(11)14/h4-6,8,16H,7H2,1-3H3,(H2,15,18). The number of primary amides is 1. The van der Waals surface area contributed by atoms with Crippen molar-refractivity contribution in [3.8, 4) is 5.75 Å². The number of ether oxygens (including phenoxy) is 1. The molecule has 0 aliphatic heterocycles. The van der Waals surface area contributed by atoms with Crippen LogP contribution in [0, 0.1) is 10.1 Å². The number of hydrogen-bond donors (Lipinski definition) is 2. The zero-order valence-corrected chi connectivity index (χ0v) is 12.8. The summed E-state index contributed by atoms with van der Waals surface area (Å²) in [6.45, 7) is 3.43. The molecule has 0 aliphatic rings. The molecule has 1 amide bonds.